The maximum absolute atomic E-state index is 5.74. The first-order valence-corrected chi connectivity index (χ1v) is 9.61. The number of H-pyrrole nitrogens is 1. The predicted octanol–water partition coefficient (Wildman–Crippen LogP) is 3.86. The van der Waals surface area contributed by atoms with E-state index in [0.29, 0.717) is 12.6 Å². The van der Waals surface area contributed by atoms with Crippen molar-refractivity contribution in [3.8, 4) is 11.5 Å². The Kier molecular flexibility index (Phi) is 6.50. The predicted molar refractivity (Wildman–Crippen MR) is 101 cm³/mol. The fraction of sp³-hybridized carbons (Fsp3) is 0.600. The fourth-order valence-corrected chi connectivity index (χ4v) is 3.72. The number of nitrogens with zero attached hydrogens (tertiary/aromatic N) is 3. The summed E-state index contributed by atoms with van der Waals surface area (Å²) in [6.45, 7) is 6.20. The zero-order valence-corrected chi connectivity index (χ0v) is 16.1. The maximum atomic E-state index is 5.74. The van der Waals surface area contributed by atoms with Crippen LogP contribution in [0.4, 0.5) is 0 Å². The van der Waals surface area contributed by atoms with E-state index in [1.54, 1.807) is 7.11 Å². The third-order valence-electron chi connectivity index (χ3n) is 4.99. The number of aromatic amines is 1. The first-order chi connectivity index (χ1) is 12.7. The minimum Gasteiger partial charge on any atom is -0.493 e. The van der Waals surface area contributed by atoms with Crippen LogP contribution in [-0.4, -0.2) is 39.8 Å². The minimum absolute atomic E-state index is 0.584. The van der Waals surface area contributed by atoms with Crippen LogP contribution >= 0.6 is 0 Å². The standard InChI is InChI=1S/C20H30N4O2/c1-4-26-19-12-16(10-11-18(19)25-3)13-24(17-8-6-5-7-9-17)14-20-21-15(2)22-23-20/h10-12,17H,4-9,13-14H2,1-3H3,(H,21,22,23). The molecule has 6 nitrogen and oxygen atoms in total. The van der Waals surface area contributed by atoms with E-state index < -0.39 is 0 Å². The van der Waals surface area contributed by atoms with Gasteiger partial charge in [-0.1, -0.05) is 25.3 Å². The lowest BCUT2D eigenvalue weighted by molar-refractivity contribution is 0.136. The Balaban J connectivity index is 1.78. The molecule has 0 atom stereocenters. The van der Waals surface area contributed by atoms with Crippen molar-refractivity contribution in [2.45, 2.75) is 65.1 Å². The van der Waals surface area contributed by atoms with Crippen LogP contribution in [0.15, 0.2) is 18.2 Å². The van der Waals surface area contributed by atoms with Gasteiger partial charge in [0.2, 0.25) is 0 Å². The van der Waals surface area contributed by atoms with Gasteiger partial charge in [-0.05, 0) is 44.4 Å². The maximum Gasteiger partial charge on any atom is 0.164 e. The molecule has 0 unspecified atom stereocenters. The zero-order chi connectivity index (χ0) is 18.4. The summed E-state index contributed by atoms with van der Waals surface area (Å²) in [4.78, 5) is 7.02. The topological polar surface area (TPSA) is 63.3 Å². The molecule has 0 aliphatic heterocycles. The molecule has 1 heterocycles. The highest BCUT2D eigenvalue weighted by Gasteiger charge is 2.23. The minimum atomic E-state index is 0.584. The number of aromatic nitrogens is 3. The van der Waals surface area contributed by atoms with Gasteiger partial charge in [-0.15, -0.1) is 0 Å². The molecule has 0 saturated heterocycles. The van der Waals surface area contributed by atoms with Crippen molar-refractivity contribution in [1.29, 1.82) is 0 Å². The van der Waals surface area contributed by atoms with E-state index in [2.05, 4.69) is 32.2 Å². The summed E-state index contributed by atoms with van der Waals surface area (Å²) in [5.74, 6) is 3.33. The van der Waals surface area contributed by atoms with Crippen LogP contribution in [0.1, 0.15) is 56.2 Å². The second kappa shape index (κ2) is 9.03. The Hall–Kier alpha value is -2.08. The summed E-state index contributed by atoms with van der Waals surface area (Å²) in [5.41, 5.74) is 1.23. The Morgan fingerprint density at radius 3 is 2.62 bits per heavy atom. The van der Waals surface area contributed by atoms with Crippen molar-refractivity contribution in [2.75, 3.05) is 13.7 Å². The summed E-state index contributed by atoms with van der Waals surface area (Å²) in [7, 11) is 1.68. The normalized spacial score (nSPS) is 15.4. The van der Waals surface area contributed by atoms with Crippen molar-refractivity contribution in [1.82, 2.24) is 20.1 Å². The SMILES string of the molecule is CCOc1cc(CN(Cc2n[nH]c(C)n2)C2CCCCC2)ccc1OC. The smallest absolute Gasteiger partial charge is 0.164 e. The lowest BCUT2D eigenvalue weighted by Gasteiger charge is -2.33. The molecular weight excluding hydrogens is 328 g/mol. The van der Waals surface area contributed by atoms with Crippen molar-refractivity contribution < 1.29 is 9.47 Å². The first kappa shape index (κ1) is 18.7. The van der Waals surface area contributed by atoms with Crippen LogP contribution in [0, 0.1) is 6.92 Å². The molecule has 0 bridgehead atoms. The van der Waals surface area contributed by atoms with Crippen LogP contribution in [0.5, 0.6) is 11.5 Å². The number of ether oxygens (including phenoxy) is 2. The van der Waals surface area contributed by atoms with Gasteiger partial charge in [0.1, 0.15) is 5.82 Å². The molecule has 1 saturated carbocycles. The third-order valence-corrected chi connectivity index (χ3v) is 4.99. The molecule has 2 aromatic rings. The molecule has 6 heteroatoms. The highest BCUT2D eigenvalue weighted by molar-refractivity contribution is 5.43. The van der Waals surface area contributed by atoms with Crippen molar-refractivity contribution in [2.24, 2.45) is 0 Å². The first-order valence-electron chi connectivity index (χ1n) is 9.61. The monoisotopic (exact) mass is 358 g/mol. The van der Waals surface area contributed by atoms with E-state index in [0.717, 1.165) is 36.2 Å². The van der Waals surface area contributed by atoms with Gasteiger partial charge in [0.15, 0.2) is 17.3 Å². The number of aryl methyl sites for hydroxylation is 1. The molecule has 0 spiro atoms. The molecule has 3 rings (SSSR count). The van der Waals surface area contributed by atoms with E-state index >= 15 is 0 Å². The number of hydrogen-bond donors (Lipinski definition) is 1. The number of nitrogens with one attached hydrogen (secondary N) is 1. The summed E-state index contributed by atoms with van der Waals surface area (Å²) >= 11 is 0. The number of rotatable bonds is 8. The van der Waals surface area contributed by atoms with E-state index in [-0.39, 0.29) is 0 Å². The average Bonchev–Trinajstić information content (AvgIpc) is 3.07. The molecular formula is C20H30N4O2. The molecule has 1 fully saturated rings. The zero-order valence-electron chi connectivity index (χ0n) is 16.1. The van der Waals surface area contributed by atoms with Crippen molar-refractivity contribution in [3.05, 3.63) is 35.4 Å². The third kappa shape index (κ3) is 4.75. The molecule has 142 valence electrons. The van der Waals surface area contributed by atoms with Crippen LogP contribution in [0.25, 0.3) is 0 Å². The number of benzene rings is 1. The van der Waals surface area contributed by atoms with Gasteiger partial charge < -0.3 is 9.47 Å². The Labute approximate surface area is 155 Å². The molecule has 1 N–H and O–H groups in total. The molecule has 0 radical (unpaired) electrons. The van der Waals surface area contributed by atoms with Gasteiger partial charge in [-0.2, -0.15) is 5.10 Å². The second-order valence-electron chi connectivity index (χ2n) is 6.95. The van der Waals surface area contributed by atoms with E-state index in [1.165, 1.54) is 37.7 Å². The Bertz CT molecular complexity index is 695. The van der Waals surface area contributed by atoms with E-state index in [1.807, 2.05) is 19.9 Å². The summed E-state index contributed by atoms with van der Waals surface area (Å²) < 4.78 is 11.2. The largest absolute Gasteiger partial charge is 0.493 e. The van der Waals surface area contributed by atoms with Gasteiger partial charge in [0.05, 0.1) is 20.3 Å². The molecule has 1 aromatic carbocycles. The summed E-state index contributed by atoms with van der Waals surface area (Å²) in [6.07, 6.45) is 6.46. The van der Waals surface area contributed by atoms with Crippen molar-refractivity contribution in [3.63, 3.8) is 0 Å². The molecule has 26 heavy (non-hydrogen) atoms. The lowest BCUT2D eigenvalue weighted by atomic mass is 9.93. The lowest BCUT2D eigenvalue weighted by Crippen LogP contribution is -2.36. The quantitative estimate of drug-likeness (QED) is 0.776. The van der Waals surface area contributed by atoms with Crippen molar-refractivity contribution >= 4 is 0 Å². The van der Waals surface area contributed by atoms with Crippen LogP contribution in [-0.2, 0) is 13.1 Å². The van der Waals surface area contributed by atoms with Crippen LogP contribution < -0.4 is 9.47 Å². The molecule has 1 aromatic heterocycles. The van der Waals surface area contributed by atoms with Crippen LogP contribution in [0.3, 0.4) is 0 Å². The summed E-state index contributed by atoms with van der Waals surface area (Å²) in [6, 6.07) is 6.80. The molecule has 0 amide bonds. The van der Waals surface area contributed by atoms with Gasteiger partial charge in [0, 0.05) is 12.6 Å². The Morgan fingerprint density at radius 2 is 1.96 bits per heavy atom. The van der Waals surface area contributed by atoms with Gasteiger partial charge in [-0.3, -0.25) is 10.00 Å². The highest BCUT2D eigenvalue weighted by Crippen LogP contribution is 2.30. The number of methoxy groups -OCH3 is 1. The fourth-order valence-electron chi connectivity index (χ4n) is 3.72. The average molecular weight is 358 g/mol. The van der Waals surface area contributed by atoms with Crippen LogP contribution in [0.2, 0.25) is 0 Å². The van der Waals surface area contributed by atoms with E-state index in [9.17, 15) is 0 Å². The Morgan fingerprint density at radius 1 is 1.15 bits per heavy atom. The second-order valence-corrected chi connectivity index (χ2v) is 6.95. The van der Waals surface area contributed by atoms with Gasteiger partial charge in [0.25, 0.3) is 0 Å². The highest BCUT2D eigenvalue weighted by atomic mass is 16.5. The molecule has 1 aliphatic carbocycles. The number of hydrogen-bond acceptors (Lipinski definition) is 5. The van der Waals surface area contributed by atoms with Gasteiger partial charge in [-0.25, -0.2) is 4.98 Å². The van der Waals surface area contributed by atoms with E-state index in [4.69, 9.17) is 9.47 Å². The van der Waals surface area contributed by atoms with Gasteiger partial charge >= 0.3 is 0 Å². The summed E-state index contributed by atoms with van der Waals surface area (Å²) in [5, 5.41) is 7.30. The molecule has 1 aliphatic rings.